The first kappa shape index (κ1) is 17.3. The topological polar surface area (TPSA) is 20.2 Å². The van der Waals surface area contributed by atoms with Gasteiger partial charge in [0.2, 0.25) is 0 Å². The van der Waals surface area contributed by atoms with Gasteiger partial charge in [-0.1, -0.05) is 42.5 Å². The molecule has 23 heavy (non-hydrogen) atoms. The SMILES string of the molecule is OC(c1ccc(-c2ccccc2F)cc1)(C(F)(F)F)C(F)(F)F. The Bertz CT molecular complexity index is 672. The third kappa shape index (κ3) is 2.90. The summed E-state index contributed by atoms with van der Waals surface area (Å²) in [6.07, 6.45) is -11.9. The molecule has 124 valence electrons. The van der Waals surface area contributed by atoms with E-state index in [4.69, 9.17) is 0 Å². The molecule has 2 aromatic carbocycles. The molecule has 1 nitrogen and oxygen atoms in total. The van der Waals surface area contributed by atoms with Gasteiger partial charge in [0.25, 0.3) is 5.60 Å². The molecule has 8 heteroatoms. The molecule has 0 saturated carbocycles. The molecule has 0 aliphatic carbocycles. The molecule has 1 N–H and O–H groups in total. The summed E-state index contributed by atoms with van der Waals surface area (Å²) in [6, 6.07) is 8.00. The van der Waals surface area contributed by atoms with Crippen molar-refractivity contribution in [1.29, 1.82) is 0 Å². The van der Waals surface area contributed by atoms with E-state index < -0.39 is 29.3 Å². The van der Waals surface area contributed by atoms with Crippen LogP contribution in [0.1, 0.15) is 5.56 Å². The van der Waals surface area contributed by atoms with Gasteiger partial charge in [0.1, 0.15) is 5.82 Å². The maximum atomic E-state index is 13.6. The average Bonchev–Trinajstić information content (AvgIpc) is 2.45. The van der Waals surface area contributed by atoms with Crippen LogP contribution in [0, 0.1) is 5.82 Å². The van der Waals surface area contributed by atoms with E-state index in [-0.39, 0.29) is 11.1 Å². The van der Waals surface area contributed by atoms with Gasteiger partial charge in [-0.2, -0.15) is 26.3 Å². The van der Waals surface area contributed by atoms with Crippen molar-refractivity contribution in [2.24, 2.45) is 0 Å². The Kier molecular flexibility index (Phi) is 4.14. The zero-order valence-corrected chi connectivity index (χ0v) is 11.2. The van der Waals surface area contributed by atoms with Crippen LogP contribution in [0.2, 0.25) is 0 Å². The van der Waals surface area contributed by atoms with E-state index in [1.54, 1.807) is 0 Å². The number of hydrogen-bond acceptors (Lipinski definition) is 1. The normalized spacial score (nSPS) is 13.2. The highest BCUT2D eigenvalue weighted by Gasteiger charge is 2.71. The Morgan fingerprint density at radius 1 is 0.696 bits per heavy atom. The second-order valence-electron chi connectivity index (χ2n) is 4.76. The number of aliphatic hydroxyl groups is 1. The van der Waals surface area contributed by atoms with Gasteiger partial charge in [-0.05, 0) is 11.6 Å². The van der Waals surface area contributed by atoms with Crippen LogP contribution in [0.4, 0.5) is 30.7 Å². The highest BCUT2D eigenvalue weighted by atomic mass is 19.4. The number of alkyl halides is 6. The van der Waals surface area contributed by atoms with Crippen LogP contribution in [0.15, 0.2) is 48.5 Å². The minimum Gasteiger partial charge on any atom is -0.369 e. The standard InChI is InChI=1S/C15H9F7O/c16-12-4-2-1-3-11(12)9-5-7-10(8-6-9)13(23,14(17,18)19)15(20,21)22/h1-8,23H. The minimum absolute atomic E-state index is 0.0154. The Hall–Kier alpha value is -2.09. The maximum absolute atomic E-state index is 13.6. The quantitative estimate of drug-likeness (QED) is 0.780. The molecule has 0 unspecified atom stereocenters. The van der Waals surface area contributed by atoms with Gasteiger partial charge >= 0.3 is 12.4 Å². The molecule has 0 spiro atoms. The monoisotopic (exact) mass is 338 g/mol. The van der Waals surface area contributed by atoms with Crippen LogP contribution in [0.25, 0.3) is 11.1 Å². The van der Waals surface area contributed by atoms with Gasteiger partial charge in [-0.3, -0.25) is 0 Å². The summed E-state index contributed by atoms with van der Waals surface area (Å²) in [6.45, 7) is 0. The molecule has 0 fully saturated rings. The number of hydrogen-bond donors (Lipinski definition) is 1. The molecule has 0 aromatic heterocycles. The minimum atomic E-state index is -5.95. The Balaban J connectivity index is 2.52. The zero-order valence-electron chi connectivity index (χ0n) is 11.2. The molecule has 0 aliphatic heterocycles. The van der Waals surface area contributed by atoms with Crippen LogP contribution >= 0.6 is 0 Å². The first-order valence-corrected chi connectivity index (χ1v) is 6.20. The molecule has 0 atom stereocenters. The summed E-state index contributed by atoms with van der Waals surface area (Å²) >= 11 is 0. The molecule has 2 rings (SSSR count). The number of halogens is 7. The van der Waals surface area contributed by atoms with Crippen molar-refractivity contribution in [2.45, 2.75) is 18.0 Å². The zero-order chi connectivity index (χ0) is 17.5. The molecular weight excluding hydrogens is 329 g/mol. The van der Waals surface area contributed by atoms with Crippen LogP contribution in [-0.2, 0) is 5.60 Å². The van der Waals surface area contributed by atoms with Crippen molar-refractivity contribution in [1.82, 2.24) is 0 Å². The van der Waals surface area contributed by atoms with Crippen molar-refractivity contribution >= 4 is 0 Å². The third-order valence-electron chi connectivity index (χ3n) is 3.31. The number of benzene rings is 2. The number of rotatable bonds is 2. The summed E-state index contributed by atoms with van der Waals surface area (Å²) in [4.78, 5) is 0. The predicted molar refractivity (Wildman–Crippen MR) is 67.8 cm³/mol. The third-order valence-corrected chi connectivity index (χ3v) is 3.31. The second-order valence-corrected chi connectivity index (χ2v) is 4.76. The first-order valence-electron chi connectivity index (χ1n) is 6.20. The van der Waals surface area contributed by atoms with Crippen LogP contribution < -0.4 is 0 Å². The summed E-state index contributed by atoms with van der Waals surface area (Å²) in [7, 11) is 0. The molecular formula is C15H9F7O. The van der Waals surface area contributed by atoms with E-state index in [0.717, 1.165) is 18.2 Å². The van der Waals surface area contributed by atoms with Crippen LogP contribution in [0.3, 0.4) is 0 Å². The highest BCUT2D eigenvalue weighted by molar-refractivity contribution is 5.64. The molecule has 0 amide bonds. The van der Waals surface area contributed by atoms with Crippen molar-refractivity contribution in [3.63, 3.8) is 0 Å². The van der Waals surface area contributed by atoms with E-state index in [2.05, 4.69) is 0 Å². The van der Waals surface area contributed by atoms with Crippen LogP contribution in [-0.4, -0.2) is 17.5 Å². The second kappa shape index (κ2) is 5.52. The summed E-state index contributed by atoms with van der Waals surface area (Å²) in [5.41, 5.74) is -6.29. The van der Waals surface area contributed by atoms with E-state index in [0.29, 0.717) is 12.1 Å². The van der Waals surface area contributed by atoms with E-state index in [9.17, 15) is 35.8 Å². The van der Waals surface area contributed by atoms with E-state index in [1.165, 1.54) is 18.2 Å². The van der Waals surface area contributed by atoms with Crippen LogP contribution in [0.5, 0.6) is 0 Å². The van der Waals surface area contributed by atoms with Crippen molar-refractivity contribution in [2.75, 3.05) is 0 Å². The fourth-order valence-electron chi connectivity index (χ4n) is 2.07. The average molecular weight is 338 g/mol. The maximum Gasteiger partial charge on any atom is 0.430 e. The molecule has 2 aromatic rings. The fraction of sp³-hybridized carbons (Fsp3) is 0.200. The van der Waals surface area contributed by atoms with Gasteiger partial charge in [0.05, 0.1) is 0 Å². The lowest BCUT2D eigenvalue weighted by molar-refractivity contribution is -0.376. The largest absolute Gasteiger partial charge is 0.430 e. The molecule has 0 saturated heterocycles. The first-order chi connectivity index (χ1) is 10.5. The highest BCUT2D eigenvalue weighted by Crippen LogP contribution is 2.50. The Morgan fingerprint density at radius 2 is 1.17 bits per heavy atom. The summed E-state index contributed by atoms with van der Waals surface area (Å²) in [5, 5.41) is 9.25. The Labute approximate surface area is 126 Å². The summed E-state index contributed by atoms with van der Waals surface area (Å²) in [5.74, 6) is -0.679. The smallest absolute Gasteiger partial charge is 0.369 e. The lowest BCUT2D eigenvalue weighted by atomic mass is 9.90. The lowest BCUT2D eigenvalue weighted by Gasteiger charge is -2.32. The van der Waals surface area contributed by atoms with Gasteiger partial charge in [0.15, 0.2) is 0 Å². The Morgan fingerprint density at radius 3 is 1.61 bits per heavy atom. The summed E-state index contributed by atoms with van der Waals surface area (Å²) < 4.78 is 90.0. The van der Waals surface area contributed by atoms with Gasteiger partial charge in [-0.25, -0.2) is 4.39 Å². The van der Waals surface area contributed by atoms with Crippen molar-refractivity contribution in [3.8, 4) is 11.1 Å². The lowest BCUT2D eigenvalue weighted by Crippen LogP contribution is -2.53. The van der Waals surface area contributed by atoms with E-state index in [1.807, 2.05) is 0 Å². The van der Waals surface area contributed by atoms with Gasteiger partial charge in [0, 0.05) is 11.1 Å². The van der Waals surface area contributed by atoms with Gasteiger partial charge < -0.3 is 5.11 Å². The predicted octanol–water partition coefficient (Wildman–Crippen LogP) is 4.80. The van der Waals surface area contributed by atoms with Gasteiger partial charge in [-0.15, -0.1) is 0 Å². The molecule has 0 heterocycles. The van der Waals surface area contributed by atoms with E-state index >= 15 is 0 Å². The van der Waals surface area contributed by atoms with Crippen molar-refractivity contribution in [3.05, 3.63) is 59.9 Å². The molecule has 0 bridgehead atoms. The fourth-order valence-corrected chi connectivity index (χ4v) is 2.07. The molecule has 0 radical (unpaired) electrons. The van der Waals surface area contributed by atoms with Crippen molar-refractivity contribution < 1.29 is 35.8 Å². The molecule has 0 aliphatic rings.